The first-order chi connectivity index (χ1) is 11.5. The average Bonchev–Trinajstić information content (AvgIpc) is 2.57. The van der Waals surface area contributed by atoms with Gasteiger partial charge in [0.05, 0.1) is 0 Å². The summed E-state index contributed by atoms with van der Waals surface area (Å²) >= 11 is 3.40. The lowest BCUT2D eigenvalue weighted by Crippen LogP contribution is -2.15. The maximum atomic E-state index is 12.1. The number of phenols is 2. The fourth-order valence-electron chi connectivity index (χ4n) is 2.28. The van der Waals surface area contributed by atoms with E-state index in [4.69, 9.17) is 14.2 Å². The summed E-state index contributed by atoms with van der Waals surface area (Å²) in [5, 5.41) is 19.6. The van der Waals surface area contributed by atoms with E-state index >= 15 is 0 Å². The van der Waals surface area contributed by atoms with Crippen molar-refractivity contribution in [2.24, 2.45) is 0 Å². The number of phenolic OH excluding ortho intramolecular Hbond substituents is 2. The number of benzene rings is 2. The molecule has 0 unspecified atom stereocenters. The summed E-state index contributed by atoms with van der Waals surface area (Å²) in [6.45, 7) is 2.55. The molecule has 1 heterocycles. The van der Waals surface area contributed by atoms with Crippen molar-refractivity contribution in [1.82, 2.24) is 0 Å². The van der Waals surface area contributed by atoms with Crippen LogP contribution >= 0.6 is 15.9 Å². The molecule has 0 bridgehead atoms. The SMILES string of the molecule is Cc1ccc(C(=O)OCc2cc3c(cc2Br)OCCO3)c(O)c1O. The van der Waals surface area contributed by atoms with E-state index in [1.165, 1.54) is 12.1 Å². The lowest BCUT2D eigenvalue weighted by molar-refractivity contribution is 0.0467. The maximum Gasteiger partial charge on any atom is 0.342 e. The van der Waals surface area contributed by atoms with Crippen LogP contribution in [0.15, 0.2) is 28.7 Å². The van der Waals surface area contributed by atoms with Crippen molar-refractivity contribution in [2.75, 3.05) is 13.2 Å². The molecule has 0 aromatic heterocycles. The number of fused-ring (bicyclic) bond motifs is 1. The number of hydrogen-bond donors (Lipinski definition) is 2. The summed E-state index contributed by atoms with van der Waals surface area (Å²) in [7, 11) is 0. The molecule has 6 nitrogen and oxygen atoms in total. The van der Waals surface area contributed by atoms with Crippen LogP contribution in [0.5, 0.6) is 23.0 Å². The first kappa shape index (κ1) is 16.4. The number of carbonyl (C=O) groups excluding carboxylic acids is 1. The zero-order valence-electron chi connectivity index (χ0n) is 12.8. The number of aryl methyl sites for hydroxylation is 1. The molecule has 2 aromatic rings. The van der Waals surface area contributed by atoms with Crippen LogP contribution in [0.4, 0.5) is 0 Å². The van der Waals surface area contributed by atoms with Gasteiger partial charge < -0.3 is 24.4 Å². The quantitative estimate of drug-likeness (QED) is 0.613. The smallest absolute Gasteiger partial charge is 0.342 e. The van der Waals surface area contributed by atoms with Crippen LogP contribution < -0.4 is 9.47 Å². The Kier molecular flexibility index (Phi) is 4.53. The molecule has 24 heavy (non-hydrogen) atoms. The molecule has 1 aliphatic rings. The molecular formula is C17H15BrO6. The van der Waals surface area contributed by atoms with Gasteiger partial charge in [0.25, 0.3) is 0 Å². The lowest BCUT2D eigenvalue weighted by Gasteiger charge is -2.20. The van der Waals surface area contributed by atoms with Crippen LogP contribution in [-0.2, 0) is 11.3 Å². The highest BCUT2D eigenvalue weighted by Gasteiger charge is 2.19. The van der Waals surface area contributed by atoms with E-state index in [-0.39, 0.29) is 17.9 Å². The van der Waals surface area contributed by atoms with Gasteiger partial charge in [-0.1, -0.05) is 22.0 Å². The fraction of sp³-hybridized carbons (Fsp3) is 0.235. The van der Waals surface area contributed by atoms with Gasteiger partial charge in [0.1, 0.15) is 25.4 Å². The van der Waals surface area contributed by atoms with E-state index in [2.05, 4.69) is 15.9 Å². The van der Waals surface area contributed by atoms with Crippen LogP contribution in [0.2, 0.25) is 0 Å². The molecular weight excluding hydrogens is 380 g/mol. The predicted molar refractivity (Wildman–Crippen MR) is 88.8 cm³/mol. The van der Waals surface area contributed by atoms with Crippen LogP contribution in [0.25, 0.3) is 0 Å². The Morgan fingerprint density at radius 1 is 1.17 bits per heavy atom. The van der Waals surface area contributed by atoms with Crippen molar-refractivity contribution in [3.63, 3.8) is 0 Å². The number of rotatable bonds is 3. The molecule has 0 saturated carbocycles. The number of hydrogen-bond acceptors (Lipinski definition) is 6. The standard InChI is InChI=1S/C17H15BrO6/c1-9-2-3-11(16(20)15(9)19)17(21)24-8-10-6-13-14(7-12(10)18)23-5-4-22-13/h2-3,6-7,19-20H,4-5,8H2,1H3. The zero-order valence-corrected chi connectivity index (χ0v) is 14.4. The highest BCUT2D eigenvalue weighted by atomic mass is 79.9. The van der Waals surface area contributed by atoms with Gasteiger partial charge in [-0.05, 0) is 30.7 Å². The Balaban J connectivity index is 1.76. The fourth-order valence-corrected chi connectivity index (χ4v) is 2.72. The molecule has 0 radical (unpaired) electrons. The third kappa shape index (κ3) is 3.12. The number of halogens is 1. The number of esters is 1. The van der Waals surface area contributed by atoms with Crippen molar-refractivity contribution in [3.8, 4) is 23.0 Å². The molecule has 0 saturated heterocycles. The summed E-state index contributed by atoms with van der Waals surface area (Å²) in [6.07, 6.45) is 0. The van der Waals surface area contributed by atoms with Crippen LogP contribution in [-0.4, -0.2) is 29.4 Å². The zero-order chi connectivity index (χ0) is 17.3. The molecule has 2 aromatic carbocycles. The molecule has 0 amide bonds. The van der Waals surface area contributed by atoms with E-state index in [1.54, 1.807) is 19.1 Å². The summed E-state index contributed by atoms with van der Waals surface area (Å²) < 4.78 is 16.9. The second-order valence-corrected chi connectivity index (χ2v) is 6.14. The minimum absolute atomic E-state index is 0.0237. The van der Waals surface area contributed by atoms with Crippen LogP contribution in [0.1, 0.15) is 21.5 Å². The molecule has 3 rings (SSSR count). The van der Waals surface area contributed by atoms with Gasteiger partial charge in [0.15, 0.2) is 23.0 Å². The van der Waals surface area contributed by atoms with Gasteiger partial charge in [-0.25, -0.2) is 4.79 Å². The second kappa shape index (κ2) is 6.60. The first-order valence-electron chi connectivity index (χ1n) is 7.24. The van der Waals surface area contributed by atoms with Crippen LogP contribution in [0, 0.1) is 6.92 Å². The van der Waals surface area contributed by atoms with E-state index in [1.807, 2.05) is 0 Å². The second-order valence-electron chi connectivity index (χ2n) is 5.29. The van der Waals surface area contributed by atoms with Gasteiger partial charge >= 0.3 is 5.97 Å². The Morgan fingerprint density at radius 2 is 1.83 bits per heavy atom. The van der Waals surface area contributed by atoms with Gasteiger partial charge in [-0.2, -0.15) is 0 Å². The maximum absolute atomic E-state index is 12.1. The van der Waals surface area contributed by atoms with Crippen LogP contribution in [0.3, 0.4) is 0 Å². The predicted octanol–water partition coefficient (Wildman–Crippen LogP) is 3.30. The highest BCUT2D eigenvalue weighted by molar-refractivity contribution is 9.10. The number of ether oxygens (including phenoxy) is 3. The van der Waals surface area contributed by atoms with Gasteiger partial charge in [-0.3, -0.25) is 0 Å². The Bertz CT molecular complexity index is 802. The summed E-state index contributed by atoms with van der Waals surface area (Å²) in [5.41, 5.74) is 1.08. The minimum Gasteiger partial charge on any atom is -0.504 e. The molecule has 0 aliphatic carbocycles. The Hall–Kier alpha value is -2.41. The number of carbonyl (C=O) groups is 1. The largest absolute Gasteiger partial charge is 0.504 e. The molecule has 0 fully saturated rings. The third-order valence-corrected chi connectivity index (χ3v) is 4.38. The van der Waals surface area contributed by atoms with Gasteiger partial charge in [-0.15, -0.1) is 0 Å². The molecule has 7 heteroatoms. The average molecular weight is 395 g/mol. The van der Waals surface area contributed by atoms with Crippen molar-refractivity contribution in [3.05, 3.63) is 45.4 Å². The first-order valence-corrected chi connectivity index (χ1v) is 8.03. The summed E-state index contributed by atoms with van der Waals surface area (Å²) in [5.74, 6) is -0.327. The highest BCUT2D eigenvalue weighted by Crippen LogP contribution is 2.36. The van der Waals surface area contributed by atoms with E-state index in [0.29, 0.717) is 35.8 Å². The van der Waals surface area contributed by atoms with Crippen molar-refractivity contribution in [1.29, 1.82) is 0 Å². The summed E-state index contributed by atoms with van der Waals surface area (Å²) in [6, 6.07) is 6.43. The monoisotopic (exact) mass is 394 g/mol. The molecule has 1 aliphatic heterocycles. The number of aromatic hydroxyl groups is 2. The van der Waals surface area contributed by atoms with E-state index in [9.17, 15) is 15.0 Å². The van der Waals surface area contributed by atoms with Crippen molar-refractivity contribution < 1.29 is 29.2 Å². The van der Waals surface area contributed by atoms with E-state index in [0.717, 1.165) is 4.47 Å². The van der Waals surface area contributed by atoms with Gasteiger partial charge in [0.2, 0.25) is 0 Å². The minimum atomic E-state index is -0.732. The molecule has 0 atom stereocenters. The molecule has 126 valence electrons. The third-order valence-electron chi connectivity index (χ3n) is 3.64. The van der Waals surface area contributed by atoms with Gasteiger partial charge in [0, 0.05) is 10.0 Å². The van der Waals surface area contributed by atoms with Crippen molar-refractivity contribution >= 4 is 21.9 Å². The lowest BCUT2D eigenvalue weighted by atomic mass is 10.1. The Morgan fingerprint density at radius 3 is 2.54 bits per heavy atom. The summed E-state index contributed by atoms with van der Waals surface area (Å²) in [4.78, 5) is 12.1. The topological polar surface area (TPSA) is 85.2 Å². The van der Waals surface area contributed by atoms with E-state index < -0.39 is 11.7 Å². The van der Waals surface area contributed by atoms with Crippen molar-refractivity contribution in [2.45, 2.75) is 13.5 Å². The normalized spacial score (nSPS) is 12.8. The molecule has 0 spiro atoms. The Labute approximate surface area is 146 Å². The molecule has 2 N–H and O–H groups in total.